The van der Waals surface area contributed by atoms with Crippen molar-refractivity contribution in [3.63, 3.8) is 0 Å². The van der Waals surface area contributed by atoms with E-state index in [1.807, 2.05) is 12.3 Å². The first-order valence-electron chi connectivity index (χ1n) is 5.92. The van der Waals surface area contributed by atoms with E-state index in [2.05, 4.69) is 12.0 Å². The van der Waals surface area contributed by atoms with Crippen molar-refractivity contribution in [2.45, 2.75) is 26.3 Å². The molecule has 0 saturated carbocycles. The van der Waals surface area contributed by atoms with Gasteiger partial charge in [0.2, 0.25) is 0 Å². The maximum Gasteiger partial charge on any atom is 0.131 e. The number of aryl methyl sites for hydroxylation is 1. The highest BCUT2D eigenvalue weighted by Gasteiger charge is 2.08. The van der Waals surface area contributed by atoms with Gasteiger partial charge in [-0.15, -0.1) is 0 Å². The molecule has 0 atom stereocenters. The third-order valence-corrected chi connectivity index (χ3v) is 2.71. The van der Waals surface area contributed by atoms with Gasteiger partial charge in [-0.3, -0.25) is 4.68 Å². The fourth-order valence-corrected chi connectivity index (χ4v) is 1.85. The second-order valence-corrected chi connectivity index (χ2v) is 4.14. The van der Waals surface area contributed by atoms with E-state index in [1.54, 1.807) is 23.0 Å². The lowest BCUT2D eigenvalue weighted by Gasteiger charge is -2.02. The van der Waals surface area contributed by atoms with Gasteiger partial charge in [0.25, 0.3) is 0 Å². The third-order valence-electron chi connectivity index (χ3n) is 2.71. The average molecular weight is 243 g/mol. The maximum atomic E-state index is 13.9. The summed E-state index contributed by atoms with van der Waals surface area (Å²) >= 11 is 0. The van der Waals surface area contributed by atoms with E-state index in [9.17, 15) is 4.39 Å². The molecule has 1 heterocycles. The fraction of sp³-hybridized carbons (Fsp3) is 0.286. The molecule has 0 N–H and O–H groups in total. The van der Waals surface area contributed by atoms with Gasteiger partial charge in [0.15, 0.2) is 0 Å². The summed E-state index contributed by atoms with van der Waals surface area (Å²) in [6.45, 7) is 2.90. The molecule has 1 aromatic heterocycles. The number of hydrogen-bond acceptors (Lipinski definition) is 2. The molecule has 0 fully saturated rings. The zero-order chi connectivity index (χ0) is 13.0. The van der Waals surface area contributed by atoms with Crippen LogP contribution in [0.15, 0.2) is 30.6 Å². The van der Waals surface area contributed by atoms with E-state index in [-0.39, 0.29) is 12.2 Å². The van der Waals surface area contributed by atoms with Gasteiger partial charge in [-0.1, -0.05) is 19.1 Å². The lowest BCUT2D eigenvalue weighted by atomic mass is 10.1. The van der Waals surface area contributed by atoms with E-state index in [1.165, 1.54) is 6.07 Å². The third kappa shape index (κ3) is 2.57. The molecule has 0 aliphatic rings. The second-order valence-electron chi connectivity index (χ2n) is 4.14. The molecule has 2 rings (SSSR count). The molecule has 18 heavy (non-hydrogen) atoms. The van der Waals surface area contributed by atoms with Gasteiger partial charge in [-0.2, -0.15) is 10.4 Å². The first kappa shape index (κ1) is 12.3. The van der Waals surface area contributed by atoms with E-state index < -0.39 is 0 Å². The molecular formula is C14H14FN3. The van der Waals surface area contributed by atoms with Crippen molar-refractivity contribution >= 4 is 0 Å². The van der Waals surface area contributed by atoms with Gasteiger partial charge in [-0.25, -0.2) is 4.39 Å². The molecule has 1 aromatic carbocycles. The Hall–Kier alpha value is -2.15. The van der Waals surface area contributed by atoms with Crippen molar-refractivity contribution in [3.05, 3.63) is 42.0 Å². The summed E-state index contributed by atoms with van der Waals surface area (Å²) in [6, 6.07) is 6.90. The Morgan fingerprint density at radius 2 is 2.28 bits per heavy atom. The highest BCUT2D eigenvalue weighted by Crippen LogP contribution is 2.23. The van der Waals surface area contributed by atoms with Crippen LogP contribution in [0.4, 0.5) is 4.39 Å². The van der Waals surface area contributed by atoms with Crippen molar-refractivity contribution in [2.24, 2.45) is 0 Å². The zero-order valence-corrected chi connectivity index (χ0v) is 10.2. The van der Waals surface area contributed by atoms with E-state index in [4.69, 9.17) is 5.26 Å². The summed E-state index contributed by atoms with van der Waals surface area (Å²) in [5, 5.41) is 12.8. The number of nitrogens with zero attached hydrogens (tertiary/aromatic N) is 3. The van der Waals surface area contributed by atoms with Gasteiger partial charge >= 0.3 is 0 Å². The van der Waals surface area contributed by atoms with Crippen molar-refractivity contribution in [1.82, 2.24) is 9.78 Å². The van der Waals surface area contributed by atoms with E-state index in [0.29, 0.717) is 11.1 Å². The van der Waals surface area contributed by atoms with Crippen LogP contribution in [-0.2, 0) is 13.0 Å². The topological polar surface area (TPSA) is 41.6 Å². The summed E-state index contributed by atoms with van der Waals surface area (Å²) in [4.78, 5) is 0. The highest BCUT2D eigenvalue weighted by atomic mass is 19.1. The predicted molar refractivity (Wildman–Crippen MR) is 67.2 cm³/mol. The Morgan fingerprint density at radius 1 is 1.44 bits per heavy atom. The lowest BCUT2D eigenvalue weighted by Crippen LogP contribution is -1.95. The molecule has 0 spiro atoms. The second kappa shape index (κ2) is 5.46. The van der Waals surface area contributed by atoms with Crippen LogP contribution < -0.4 is 0 Å². The molecule has 0 aliphatic heterocycles. The molecular weight excluding hydrogens is 229 g/mol. The van der Waals surface area contributed by atoms with Crippen LogP contribution in [0, 0.1) is 17.1 Å². The number of benzene rings is 1. The van der Waals surface area contributed by atoms with Crippen LogP contribution in [0.5, 0.6) is 0 Å². The Balaban J connectivity index is 2.30. The van der Waals surface area contributed by atoms with Gasteiger partial charge < -0.3 is 0 Å². The van der Waals surface area contributed by atoms with Crippen molar-refractivity contribution < 1.29 is 4.39 Å². The lowest BCUT2D eigenvalue weighted by molar-refractivity contribution is 0.602. The Bertz CT molecular complexity index is 581. The Labute approximate surface area is 105 Å². The quantitative estimate of drug-likeness (QED) is 0.827. The van der Waals surface area contributed by atoms with Crippen LogP contribution in [-0.4, -0.2) is 9.78 Å². The maximum absolute atomic E-state index is 13.9. The number of halogens is 1. The first-order valence-corrected chi connectivity index (χ1v) is 5.92. The minimum atomic E-state index is -0.307. The van der Waals surface area contributed by atoms with Crippen LogP contribution in [0.1, 0.15) is 18.9 Å². The zero-order valence-electron chi connectivity index (χ0n) is 10.2. The van der Waals surface area contributed by atoms with Crippen LogP contribution in [0.3, 0.4) is 0 Å². The van der Waals surface area contributed by atoms with E-state index in [0.717, 1.165) is 18.5 Å². The highest BCUT2D eigenvalue weighted by molar-refractivity contribution is 5.62. The summed E-state index contributed by atoms with van der Waals surface area (Å²) in [5.74, 6) is -0.307. The monoisotopic (exact) mass is 243 g/mol. The number of rotatable bonds is 4. The summed E-state index contributed by atoms with van der Waals surface area (Å²) in [7, 11) is 0. The molecule has 0 unspecified atom stereocenters. The Morgan fingerprint density at radius 3 is 2.94 bits per heavy atom. The molecule has 0 bridgehead atoms. The summed E-state index contributed by atoms with van der Waals surface area (Å²) in [5.41, 5.74) is 1.99. The molecule has 92 valence electrons. The Kier molecular flexibility index (Phi) is 3.73. The minimum absolute atomic E-state index is 0.228. The van der Waals surface area contributed by atoms with Crippen LogP contribution in [0.2, 0.25) is 0 Å². The number of aromatic nitrogens is 2. The molecule has 0 aliphatic carbocycles. The molecule has 2 aromatic rings. The summed E-state index contributed by atoms with van der Waals surface area (Å²) < 4.78 is 15.7. The van der Waals surface area contributed by atoms with Crippen molar-refractivity contribution in [3.8, 4) is 17.2 Å². The molecule has 0 saturated heterocycles. The molecule has 0 amide bonds. The predicted octanol–water partition coefficient (Wildman–Crippen LogP) is 3.17. The van der Waals surface area contributed by atoms with Gasteiger partial charge in [0.1, 0.15) is 5.82 Å². The van der Waals surface area contributed by atoms with Crippen molar-refractivity contribution in [1.29, 1.82) is 5.26 Å². The molecule has 0 radical (unpaired) electrons. The van der Waals surface area contributed by atoms with Crippen LogP contribution in [0.25, 0.3) is 11.1 Å². The minimum Gasteiger partial charge on any atom is -0.272 e. The normalized spacial score (nSPS) is 10.3. The van der Waals surface area contributed by atoms with Crippen molar-refractivity contribution in [2.75, 3.05) is 0 Å². The largest absolute Gasteiger partial charge is 0.272 e. The van der Waals surface area contributed by atoms with Gasteiger partial charge in [0, 0.05) is 23.9 Å². The number of hydrogen-bond donors (Lipinski definition) is 0. The SMILES string of the molecule is CCCn1cc(-c2ccc(CC#N)cc2F)cn1. The first-order chi connectivity index (χ1) is 8.74. The van der Waals surface area contributed by atoms with Gasteiger partial charge in [0.05, 0.1) is 18.7 Å². The average Bonchev–Trinajstić information content (AvgIpc) is 2.78. The smallest absolute Gasteiger partial charge is 0.131 e. The van der Waals surface area contributed by atoms with Gasteiger partial charge in [-0.05, 0) is 18.1 Å². The summed E-state index contributed by atoms with van der Waals surface area (Å²) in [6.07, 6.45) is 4.72. The molecule has 3 nitrogen and oxygen atoms in total. The van der Waals surface area contributed by atoms with E-state index >= 15 is 0 Å². The standard InChI is InChI=1S/C14H14FN3/c1-2-7-18-10-12(9-17-18)13-4-3-11(5-6-16)8-14(13)15/h3-4,8-10H,2,5,7H2,1H3. The number of nitriles is 1. The molecule has 4 heteroatoms. The van der Waals surface area contributed by atoms with Crippen LogP contribution >= 0.6 is 0 Å². The fourth-order valence-electron chi connectivity index (χ4n) is 1.85.